The lowest BCUT2D eigenvalue weighted by Crippen LogP contribution is -2.05. The predicted octanol–water partition coefficient (Wildman–Crippen LogP) is 2.50. The summed E-state index contributed by atoms with van der Waals surface area (Å²) in [5.41, 5.74) is 1.32. The Morgan fingerprint density at radius 3 is 2.80 bits per heavy atom. The first kappa shape index (κ1) is 10.1. The van der Waals surface area contributed by atoms with Crippen LogP contribution in [-0.4, -0.2) is 12.1 Å². The van der Waals surface area contributed by atoms with E-state index in [1.807, 2.05) is 6.92 Å². The van der Waals surface area contributed by atoms with Crippen LogP contribution in [0, 0.1) is 6.92 Å². The maximum Gasteiger partial charge on any atom is 0.193 e. The third kappa shape index (κ3) is 1.59. The van der Waals surface area contributed by atoms with E-state index in [2.05, 4.69) is 4.98 Å². The Morgan fingerprint density at radius 1 is 1.40 bits per heavy atom. The molecule has 4 heteroatoms. The van der Waals surface area contributed by atoms with E-state index >= 15 is 0 Å². The number of ether oxygens (including phenoxy) is 1. The highest BCUT2D eigenvalue weighted by Crippen LogP contribution is 2.27. The Bertz CT molecular complexity index is 575. The number of pyridine rings is 1. The van der Waals surface area contributed by atoms with Crippen LogP contribution in [0.3, 0.4) is 0 Å². The molecule has 0 radical (unpaired) electrons. The van der Waals surface area contributed by atoms with Gasteiger partial charge < -0.3 is 9.72 Å². The van der Waals surface area contributed by atoms with E-state index in [0.29, 0.717) is 21.7 Å². The van der Waals surface area contributed by atoms with Crippen molar-refractivity contribution < 1.29 is 4.74 Å². The van der Waals surface area contributed by atoms with E-state index in [0.717, 1.165) is 5.69 Å². The number of benzene rings is 1. The minimum absolute atomic E-state index is 0.0828. The number of halogens is 1. The first-order chi connectivity index (χ1) is 7.13. The molecule has 1 heterocycles. The molecule has 1 aromatic carbocycles. The average molecular weight is 224 g/mol. The molecule has 15 heavy (non-hydrogen) atoms. The number of hydrogen-bond acceptors (Lipinski definition) is 2. The summed E-state index contributed by atoms with van der Waals surface area (Å²) in [4.78, 5) is 14.8. The van der Waals surface area contributed by atoms with E-state index in [1.165, 1.54) is 13.2 Å². The number of rotatable bonds is 1. The summed E-state index contributed by atoms with van der Waals surface area (Å²) in [7, 11) is 1.53. The van der Waals surface area contributed by atoms with Gasteiger partial charge in [-0.2, -0.15) is 0 Å². The zero-order chi connectivity index (χ0) is 11.0. The Balaban J connectivity index is 3.00. The second-order valence-electron chi connectivity index (χ2n) is 3.32. The van der Waals surface area contributed by atoms with Crippen LogP contribution in [0.2, 0.25) is 5.02 Å². The van der Waals surface area contributed by atoms with Crippen molar-refractivity contribution in [3.05, 3.63) is 39.1 Å². The van der Waals surface area contributed by atoms with Gasteiger partial charge in [0.2, 0.25) is 0 Å². The molecule has 0 bridgehead atoms. The maximum atomic E-state index is 11.8. The fourth-order valence-corrected chi connectivity index (χ4v) is 1.80. The molecule has 3 nitrogen and oxygen atoms in total. The van der Waals surface area contributed by atoms with Gasteiger partial charge in [0.15, 0.2) is 5.43 Å². The van der Waals surface area contributed by atoms with Gasteiger partial charge in [-0.05, 0) is 19.1 Å². The molecule has 1 N–H and O–H groups in total. The lowest BCUT2D eigenvalue weighted by Gasteiger charge is -2.06. The number of aromatic amines is 1. The lowest BCUT2D eigenvalue weighted by atomic mass is 10.2. The number of nitrogens with one attached hydrogen (secondary N) is 1. The van der Waals surface area contributed by atoms with Gasteiger partial charge in [0, 0.05) is 11.8 Å². The smallest absolute Gasteiger partial charge is 0.193 e. The summed E-state index contributed by atoms with van der Waals surface area (Å²) in [5, 5.41) is 1.02. The third-order valence-corrected chi connectivity index (χ3v) is 2.57. The molecule has 0 spiro atoms. The van der Waals surface area contributed by atoms with Crippen molar-refractivity contribution in [2.24, 2.45) is 0 Å². The molecule has 0 fully saturated rings. The summed E-state index contributed by atoms with van der Waals surface area (Å²) >= 11 is 6.00. The van der Waals surface area contributed by atoms with Crippen LogP contribution in [0.15, 0.2) is 23.0 Å². The van der Waals surface area contributed by atoms with E-state index in [-0.39, 0.29) is 5.43 Å². The van der Waals surface area contributed by atoms with Crippen LogP contribution < -0.4 is 10.2 Å². The Morgan fingerprint density at radius 2 is 2.13 bits per heavy atom. The minimum Gasteiger partial charge on any atom is -0.496 e. The van der Waals surface area contributed by atoms with Crippen molar-refractivity contribution in [3.8, 4) is 5.75 Å². The molecule has 0 amide bonds. The van der Waals surface area contributed by atoms with Crippen molar-refractivity contribution in [3.63, 3.8) is 0 Å². The minimum atomic E-state index is -0.0828. The molecule has 0 saturated heterocycles. The van der Waals surface area contributed by atoms with Crippen LogP contribution >= 0.6 is 11.6 Å². The quantitative estimate of drug-likeness (QED) is 0.807. The van der Waals surface area contributed by atoms with Gasteiger partial charge in [0.25, 0.3) is 0 Å². The molecule has 2 rings (SSSR count). The summed E-state index contributed by atoms with van der Waals surface area (Å²) in [6, 6.07) is 4.93. The van der Waals surface area contributed by atoms with Crippen molar-refractivity contribution in [2.75, 3.05) is 7.11 Å². The number of fused-ring (bicyclic) bond motifs is 1. The van der Waals surface area contributed by atoms with Crippen LogP contribution in [0.5, 0.6) is 5.75 Å². The standard InChI is InChI=1S/C11H10ClNO2/c1-6-5-8(14)10-9(15-2)4-3-7(12)11(10)13-6/h3-5H,1-2H3,(H,13,14). The number of aryl methyl sites for hydroxylation is 1. The normalized spacial score (nSPS) is 10.6. The highest BCUT2D eigenvalue weighted by atomic mass is 35.5. The summed E-state index contributed by atoms with van der Waals surface area (Å²) in [5.74, 6) is 0.538. The number of methoxy groups -OCH3 is 1. The van der Waals surface area contributed by atoms with Crippen LogP contribution in [0.25, 0.3) is 10.9 Å². The summed E-state index contributed by atoms with van der Waals surface area (Å²) in [6.07, 6.45) is 0. The molecule has 0 atom stereocenters. The molecule has 1 aromatic heterocycles. The third-order valence-electron chi connectivity index (χ3n) is 2.25. The van der Waals surface area contributed by atoms with E-state index in [1.54, 1.807) is 12.1 Å². The number of H-pyrrole nitrogens is 1. The highest BCUT2D eigenvalue weighted by Gasteiger charge is 2.09. The topological polar surface area (TPSA) is 42.1 Å². The Kier molecular flexibility index (Phi) is 2.40. The second kappa shape index (κ2) is 3.59. The van der Waals surface area contributed by atoms with Crippen molar-refractivity contribution in [2.45, 2.75) is 6.92 Å². The molecule has 0 aliphatic carbocycles. The van der Waals surface area contributed by atoms with Gasteiger partial charge >= 0.3 is 0 Å². The van der Waals surface area contributed by atoms with Gasteiger partial charge in [-0.25, -0.2) is 0 Å². The second-order valence-corrected chi connectivity index (χ2v) is 3.72. The van der Waals surface area contributed by atoms with E-state index in [4.69, 9.17) is 16.3 Å². The molecule has 0 unspecified atom stereocenters. The monoisotopic (exact) mass is 223 g/mol. The number of hydrogen-bond donors (Lipinski definition) is 1. The Labute approximate surface area is 91.6 Å². The SMILES string of the molecule is COc1ccc(Cl)c2[nH]c(C)cc(=O)c12. The van der Waals surface area contributed by atoms with Crippen LogP contribution in [0.1, 0.15) is 5.69 Å². The summed E-state index contributed by atoms with van der Waals surface area (Å²) in [6.45, 7) is 1.82. The van der Waals surface area contributed by atoms with Crippen molar-refractivity contribution in [1.82, 2.24) is 4.98 Å². The van der Waals surface area contributed by atoms with Crippen molar-refractivity contribution in [1.29, 1.82) is 0 Å². The first-order valence-electron chi connectivity index (χ1n) is 4.49. The van der Waals surface area contributed by atoms with E-state index < -0.39 is 0 Å². The number of aromatic nitrogens is 1. The molecule has 2 aromatic rings. The molecule has 0 aliphatic rings. The lowest BCUT2D eigenvalue weighted by molar-refractivity contribution is 0.419. The predicted molar refractivity (Wildman–Crippen MR) is 60.9 cm³/mol. The fourth-order valence-electron chi connectivity index (χ4n) is 1.60. The van der Waals surface area contributed by atoms with Gasteiger partial charge in [-0.15, -0.1) is 0 Å². The zero-order valence-electron chi connectivity index (χ0n) is 8.43. The van der Waals surface area contributed by atoms with Gasteiger partial charge in [0.1, 0.15) is 5.75 Å². The highest BCUT2D eigenvalue weighted by molar-refractivity contribution is 6.35. The average Bonchev–Trinajstić information content (AvgIpc) is 2.19. The zero-order valence-corrected chi connectivity index (χ0v) is 9.18. The van der Waals surface area contributed by atoms with Crippen molar-refractivity contribution >= 4 is 22.5 Å². The molecule has 78 valence electrons. The van der Waals surface area contributed by atoms with E-state index in [9.17, 15) is 4.79 Å². The molecular weight excluding hydrogens is 214 g/mol. The fraction of sp³-hybridized carbons (Fsp3) is 0.182. The Hall–Kier alpha value is -1.48. The van der Waals surface area contributed by atoms with Crippen LogP contribution in [0.4, 0.5) is 0 Å². The molecular formula is C11H10ClNO2. The molecule has 0 saturated carbocycles. The van der Waals surface area contributed by atoms with Crippen LogP contribution in [-0.2, 0) is 0 Å². The van der Waals surface area contributed by atoms with Gasteiger partial charge in [-0.3, -0.25) is 4.79 Å². The van der Waals surface area contributed by atoms with Gasteiger partial charge in [-0.1, -0.05) is 11.6 Å². The molecule has 0 aliphatic heterocycles. The first-order valence-corrected chi connectivity index (χ1v) is 4.87. The summed E-state index contributed by atoms with van der Waals surface area (Å²) < 4.78 is 5.12. The van der Waals surface area contributed by atoms with Gasteiger partial charge in [0.05, 0.1) is 23.0 Å². The largest absolute Gasteiger partial charge is 0.496 e. The maximum absolute atomic E-state index is 11.8.